The number of likely N-dealkylation sites (N-methyl/N-ethyl adjacent to an activating group) is 1. The summed E-state index contributed by atoms with van der Waals surface area (Å²) in [5.74, 6) is 1.67. The number of ether oxygens (including phenoxy) is 2. The summed E-state index contributed by atoms with van der Waals surface area (Å²) in [5, 5.41) is 13.8. The van der Waals surface area contributed by atoms with Crippen molar-refractivity contribution >= 4 is 27.3 Å². The molecule has 3 aromatic carbocycles. The van der Waals surface area contributed by atoms with Crippen molar-refractivity contribution in [1.82, 2.24) is 10.2 Å². The lowest BCUT2D eigenvalue weighted by Crippen LogP contribution is -2.24. The van der Waals surface area contributed by atoms with Gasteiger partial charge in [-0.25, -0.2) is 0 Å². The third-order valence-electron chi connectivity index (χ3n) is 6.87. The number of aromatic hydroxyl groups is 1. The molecule has 6 nitrogen and oxygen atoms in total. The maximum absolute atomic E-state index is 11.5. The second-order valence-corrected chi connectivity index (χ2v) is 10.4. The van der Waals surface area contributed by atoms with E-state index >= 15 is 0 Å². The van der Waals surface area contributed by atoms with Crippen molar-refractivity contribution < 1.29 is 19.4 Å². The molecule has 0 atom stereocenters. The van der Waals surface area contributed by atoms with Gasteiger partial charge in [-0.05, 0) is 103 Å². The molecule has 5 rings (SSSR count). The average Bonchev–Trinajstić information content (AvgIpc) is 3.56. The Morgan fingerprint density at radius 3 is 2.57 bits per heavy atom. The molecule has 1 aliphatic heterocycles. The van der Waals surface area contributed by atoms with E-state index in [0.29, 0.717) is 5.75 Å². The molecule has 1 fully saturated rings. The Labute approximate surface area is 221 Å². The highest BCUT2D eigenvalue weighted by Gasteiger charge is 2.18. The lowest BCUT2D eigenvalue weighted by atomic mass is 9.97. The van der Waals surface area contributed by atoms with Gasteiger partial charge in [-0.1, -0.05) is 12.1 Å². The van der Waals surface area contributed by atoms with Crippen molar-refractivity contribution in [2.45, 2.75) is 25.8 Å². The van der Waals surface area contributed by atoms with E-state index < -0.39 is 0 Å². The van der Waals surface area contributed by atoms with Gasteiger partial charge in [0.2, 0.25) is 0 Å². The number of methoxy groups -OCH3 is 1. The molecule has 0 bridgehead atoms. The molecule has 0 saturated carbocycles. The maximum atomic E-state index is 11.5. The minimum Gasteiger partial charge on any atom is -0.508 e. The van der Waals surface area contributed by atoms with Crippen LogP contribution in [0, 0.1) is 0 Å². The number of thiophene rings is 1. The van der Waals surface area contributed by atoms with Crippen LogP contribution in [0.2, 0.25) is 0 Å². The molecule has 2 heterocycles. The van der Waals surface area contributed by atoms with Crippen LogP contribution in [0.1, 0.15) is 29.5 Å². The molecular formula is C30H32N2O4S. The minimum atomic E-state index is -0.169. The van der Waals surface area contributed by atoms with Crippen molar-refractivity contribution in [3.05, 3.63) is 77.4 Å². The topological polar surface area (TPSA) is 71.0 Å². The highest BCUT2D eigenvalue weighted by molar-refractivity contribution is 7.22. The van der Waals surface area contributed by atoms with Crippen molar-refractivity contribution in [3.8, 4) is 27.7 Å². The van der Waals surface area contributed by atoms with Crippen molar-refractivity contribution in [2.24, 2.45) is 0 Å². The Balaban J connectivity index is 1.45. The number of nitrogens with zero attached hydrogens (tertiary/aromatic N) is 1. The van der Waals surface area contributed by atoms with Gasteiger partial charge in [0, 0.05) is 28.7 Å². The predicted octanol–water partition coefficient (Wildman–Crippen LogP) is 5.59. The number of hydrogen-bond donors (Lipinski definition) is 2. The molecule has 0 unspecified atom stereocenters. The number of hydrogen-bond acceptors (Lipinski definition) is 6. The van der Waals surface area contributed by atoms with Crippen LogP contribution >= 0.6 is 11.3 Å². The van der Waals surface area contributed by atoms with Crippen LogP contribution < -0.4 is 14.8 Å². The number of phenols is 1. The Morgan fingerprint density at radius 1 is 1.05 bits per heavy atom. The molecule has 1 amide bonds. The fourth-order valence-corrected chi connectivity index (χ4v) is 6.15. The van der Waals surface area contributed by atoms with E-state index in [1.165, 1.54) is 29.5 Å². The van der Waals surface area contributed by atoms with Gasteiger partial charge in [-0.15, -0.1) is 11.3 Å². The Kier molecular flexibility index (Phi) is 7.63. The lowest BCUT2D eigenvalue weighted by Gasteiger charge is -2.18. The van der Waals surface area contributed by atoms with Gasteiger partial charge in [0.05, 0.1) is 7.11 Å². The molecule has 0 radical (unpaired) electrons. The lowest BCUT2D eigenvalue weighted by molar-refractivity contribution is -0.122. The second kappa shape index (κ2) is 11.2. The van der Waals surface area contributed by atoms with Gasteiger partial charge < -0.3 is 19.9 Å². The van der Waals surface area contributed by atoms with Crippen LogP contribution in [0.5, 0.6) is 17.2 Å². The molecule has 0 spiro atoms. The third kappa shape index (κ3) is 5.73. The molecule has 192 valence electrons. The summed E-state index contributed by atoms with van der Waals surface area (Å²) in [7, 11) is 3.33. The number of carbonyl (C=O) groups is 1. The first-order chi connectivity index (χ1) is 18.0. The summed E-state index contributed by atoms with van der Waals surface area (Å²) in [6, 6.07) is 20.0. The summed E-state index contributed by atoms with van der Waals surface area (Å²) in [4.78, 5) is 15.1. The van der Waals surface area contributed by atoms with Gasteiger partial charge in [-0.3, -0.25) is 9.69 Å². The number of benzene rings is 3. The zero-order valence-electron chi connectivity index (χ0n) is 21.3. The Hall–Kier alpha value is -3.55. The van der Waals surface area contributed by atoms with Crippen LogP contribution in [0.3, 0.4) is 0 Å². The molecule has 2 N–H and O–H groups in total. The summed E-state index contributed by atoms with van der Waals surface area (Å²) >= 11 is 1.67. The van der Waals surface area contributed by atoms with Gasteiger partial charge in [0.15, 0.2) is 6.61 Å². The normalized spacial score (nSPS) is 13.7. The number of carbonyl (C=O) groups excluding carboxylic acids is 1. The standard InChI is InChI=1S/C30H32N2O4S/c1-31-29(34)19-36-24-10-7-21(8-11-24)30-26(25-12-9-23(33)17-28(25)37-30)15-20-5-6-22(27(16-20)35-2)18-32-13-3-4-14-32/h5-12,16-17,33H,3-4,13-15,18-19H2,1-2H3,(H,31,34). The van der Waals surface area contributed by atoms with Crippen molar-refractivity contribution in [3.63, 3.8) is 0 Å². The Bertz CT molecular complexity index is 1390. The van der Waals surface area contributed by atoms with Crippen LogP contribution in [-0.4, -0.2) is 49.8 Å². The first-order valence-electron chi connectivity index (χ1n) is 12.6. The first kappa shape index (κ1) is 25.1. The molecular weight excluding hydrogens is 484 g/mol. The van der Waals surface area contributed by atoms with Crippen LogP contribution in [0.15, 0.2) is 60.7 Å². The number of fused-ring (bicyclic) bond motifs is 1. The van der Waals surface area contributed by atoms with E-state index in [4.69, 9.17) is 9.47 Å². The summed E-state index contributed by atoms with van der Waals surface area (Å²) in [6.45, 7) is 3.21. The fraction of sp³-hybridized carbons (Fsp3) is 0.300. The monoisotopic (exact) mass is 516 g/mol. The molecule has 4 aromatic rings. The van der Waals surface area contributed by atoms with E-state index in [0.717, 1.165) is 52.3 Å². The van der Waals surface area contributed by atoms with E-state index in [1.54, 1.807) is 31.6 Å². The number of nitrogens with one attached hydrogen (secondary N) is 1. The smallest absolute Gasteiger partial charge is 0.257 e. The van der Waals surface area contributed by atoms with E-state index in [2.05, 4.69) is 28.4 Å². The molecule has 7 heteroatoms. The molecule has 1 saturated heterocycles. The third-order valence-corrected chi connectivity index (χ3v) is 8.11. The molecule has 1 aliphatic rings. The maximum Gasteiger partial charge on any atom is 0.257 e. The zero-order chi connectivity index (χ0) is 25.8. The largest absolute Gasteiger partial charge is 0.508 e. The number of phenolic OH excluding ortho intramolecular Hbond substituents is 1. The average molecular weight is 517 g/mol. The van der Waals surface area contributed by atoms with E-state index in [9.17, 15) is 9.90 Å². The number of amides is 1. The van der Waals surface area contributed by atoms with Crippen molar-refractivity contribution in [2.75, 3.05) is 33.9 Å². The molecule has 1 aromatic heterocycles. The number of likely N-dealkylation sites (tertiary alicyclic amines) is 1. The second-order valence-electron chi connectivity index (χ2n) is 9.38. The molecule has 37 heavy (non-hydrogen) atoms. The Morgan fingerprint density at radius 2 is 1.84 bits per heavy atom. The fourth-order valence-electron chi connectivity index (χ4n) is 4.89. The summed E-state index contributed by atoms with van der Waals surface area (Å²) in [6.07, 6.45) is 3.28. The summed E-state index contributed by atoms with van der Waals surface area (Å²) in [5.41, 5.74) is 4.69. The summed E-state index contributed by atoms with van der Waals surface area (Å²) < 4.78 is 12.4. The van der Waals surface area contributed by atoms with E-state index in [-0.39, 0.29) is 18.3 Å². The SMILES string of the molecule is CNC(=O)COc1ccc(-c2sc3cc(O)ccc3c2Cc2ccc(CN3CCCC3)c(OC)c2)cc1. The minimum absolute atomic E-state index is 0.0150. The first-order valence-corrected chi connectivity index (χ1v) is 13.4. The zero-order valence-corrected chi connectivity index (χ0v) is 22.1. The number of rotatable bonds is 9. The molecule has 0 aliphatic carbocycles. The van der Waals surface area contributed by atoms with Gasteiger partial charge in [0.1, 0.15) is 17.2 Å². The van der Waals surface area contributed by atoms with Crippen LogP contribution in [-0.2, 0) is 17.8 Å². The highest BCUT2D eigenvalue weighted by atomic mass is 32.1. The highest BCUT2D eigenvalue weighted by Crippen LogP contribution is 2.42. The quantitative estimate of drug-likeness (QED) is 0.303. The van der Waals surface area contributed by atoms with Gasteiger partial charge in [-0.2, -0.15) is 0 Å². The van der Waals surface area contributed by atoms with E-state index in [1.807, 2.05) is 36.4 Å². The van der Waals surface area contributed by atoms with Gasteiger partial charge >= 0.3 is 0 Å². The van der Waals surface area contributed by atoms with Crippen molar-refractivity contribution in [1.29, 1.82) is 0 Å². The van der Waals surface area contributed by atoms with Gasteiger partial charge in [0.25, 0.3) is 5.91 Å². The predicted molar refractivity (Wildman–Crippen MR) is 149 cm³/mol. The van der Waals surface area contributed by atoms with Crippen LogP contribution in [0.4, 0.5) is 0 Å². The van der Waals surface area contributed by atoms with Crippen LogP contribution in [0.25, 0.3) is 20.5 Å².